The molecule has 1 unspecified atom stereocenters. The van der Waals surface area contributed by atoms with Crippen molar-refractivity contribution in [2.45, 2.75) is 32.0 Å². The van der Waals surface area contributed by atoms with Gasteiger partial charge < -0.3 is 19.9 Å². The lowest BCUT2D eigenvalue weighted by Gasteiger charge is -2.17. The second-order valence-electron chi connectivity index (χ2n) is 6.03. The number of hydrogen-bond donors (Lipinski definition) is 2. The average Bonchev–Trinajstić information content (AvgIpc) is 3.27. The van der Waals surface area contributed by atoms with Gasteiger partial charge in [0.2, 0.25) is 0 Å². The summed E-state index contributed by atoms with van der Waals surface area (Å²) in [5, 5.41) is 13.3. The van der Waals surface area contributed by atoms with E-state index in [9.17, 15) is 5.11 Å². The Hall–Kier alpha value is -0.940. The van der Waals surface area contributed by atoms with Crippen LogP contribution in [0.2, 0.25) is 0 Å². The van der Waals surface area contributed by atoms with Gasteiger partial charge in [0.25, 0.3) is 0 Å². The van der Waals surface area contributed by atoms with Gasteiger partial charge >= 0.3 is 0 Å². The van der Waals surface area contributed by atoms with Crippen LogP contribution in [0.1, 0.15) is 24.8 Å². The van der Waals surface area contributed by atoms with Gasteiger partial charge in [0.15, 0.2) is 0 Å². The first-order valence-electron chi connectivity index (χ1n) is 7.73. The molecule has 1 aliphatic rings. The van der Waals surface area contributed by atoms with Gasteiger partial charge in [-0.05, 0) is 30.2 Å². The van der Waals surface area contributed by atoms with E-state index in [-0.39, 0.29) is 0 Å². The average molecular weight is 293 g/mol. The van der Waals surface area contributed by atoms with Crippen LogP contribution in [-0.4, -0.2) is 44.6 Å². The lowest BCUT2D eigenvalue weighted by atomic mass is 10.0. The van der Waals surface area contributed by atoms with Crippen molar-refractivity contribution in [3.63, 3.8) is 0 Å². The first-order chi connectivity index (χ1) is 10.2. The summed E-state index contributed by atoms with van der Waals surface area (Å²) >= 11 is 0. The third kappa shape index (κ3) is 6.14. The molecule has 1 saturated carbocycles. The molecule has 4 nitrogen and oxygen atoms in total. The van der Waals surface area contributed by atoms with E-state index in [1.807, 2.05) is 30.3 Å². The maximum absolute atomic E-state index is 9.91. The molecule has 1 atom stereocenters. The Morgan fingerprint density at radius 1 is 1.29 bits per heavy atom. The molecule has 1 aromatic rings. The van der Waals surface area contributed by atoms with Gasteiger partial charge in [-0.1, -0.05) is 30.3 Å². The highest BCUT2D eigenvalue weighted by Gasteiger charge is 2.41. The summed E-state index contributed by atoms with van der Waals surface area (Å²) < 4.78 is 10.7. The Labute approximate surface area is 127 Å². The first kappa shape index (κ1) is 16.4. The van der Waals surface area contributed by atoms with Crippen LogP contribution in [0.4, 0.5) is 0 Å². The van der Waals surface area contributed by atoms with E-state index in [1.165, 1.54) is 12.8 Å². The van der Waals surface area contributed by atoms with Gasteiger partial charge in [-0.3, -0.25) is 0 Å². The third-order valence-corrected chi connectivity index (χ3v) is 4.10. The molecular formula is C17H27NO3. The SMILES string of the molecule is COCCC1(CNCC(O)COCc2ccccc2)CC1. The van der Waals surface area contributed by atoms with Crippen LogP contribution in [0.15, 0.2) is 30.3 Å². The number of hydrogen-bond acceptors (Lipinski definition) is 4. The number of nitrogens with one attached hydrogen (secondary N) is 1. The Bertz CT molecular complexity index is 392. The molecule has 2 rings (SSSR count). The molecule has 118 valence electrons. The highest BCUT2D eigenvalue weighted by molar-refractivity contribution is 5.13. The second kappa shape index (κ2) is 8.49. The first-order valence-corrected chi connectivity index (χ1v) is 7.73. The monoisotopic (exact) mass is 293 g/mol. The normalized spacial score (nSPS) is 17.6. The van der Waals surface area contributed by atoms with Crippen molar-refractivity contribution < 1.29 is 14.6 Å². The fraction of sp³-hybridized carbons (Fsp3) is 0.647. The minimum Gasteiger partial charge on any atom is -0.389 e. The molecule has 0 saturated heterocycles. The molecule has 0 amide bonds. The van der Waals surface area contributed by atoms with Crippen molar-refractivity contribution in [3.8, 4) is 0 Å². The maximum Gasteiger partial charge on any atom is 0.0897 e. The Morgan fingerprint density at radius 3 is 2.71 bits per heavy atom. The number of ether oxygens (including phenoxy) is 2. The van der Waals surface area contributed by atoms with E-state index in [0.29, 0.717) is 25.2 Å². The van der Waals surface area contributed by atoms with Crippen LogP contribution in [0, 0.1) is 5.41 Å². The van der Waals surface area contributed by atoms with Gasteiger partial charge in [-0.2, -0.15) is 0 Å². The summed E-state index contributed by atoms with van der Waals surface area (Å²) in [5.74, 6) is 0. The number of aliphatic hydroxyl groups excluding tert-OH is 1. The highest BCUT2D eigenvalue weighted by atomic mass is 16.5. The zero-order valence-electron chi connectivity index (χ0n) is 12.9. The van der Waals surface area contributed by atoms with Crippen molar-refractivity contribution in [1.82, 2.24) is 5.32 Å². The maximum atomic E-state index is 9.91. The standard InChI is InChI=1S/C17H27NO3/c1-20-10-9-17(7-8-17)14-18-11-16(19)13-21-12-15-5-3-2-4-6-15/h2-6,16,18-19H,7-14H2,1H3. The summed E-state index contributed by atoms with van der Waals surface area (Å²) in [5.41, 5.74) is 1.55. The van der Waals surface area contributed by atoms with Crippen molar-refractivity contribution in [1.29, 1.82) is 0 Å². The fourth-order valence-corrected chi connectivity index (χ4v) is 2.46. The predicted octanol–water partition coefficient (Wildman–Crippen LogP) is 1.97. The predicted molar refractivity (Wildman–Crippen MR) is 83.1 cm³/mol. The summed E-state index contributed by atoms with van der Waals surface area (Å²) in [4.78, 5) is 0. The van der Waals surface area contributed by atoms with E-state index < -0.39 is 6.10 Å². The molecule has 1 fully saturated rings. The van der Waals surface area contributed by atoms with Crippen molar-refractivity contribution >= 4 is 0 Å². The summed E-state index contributed by atoms with van der Waals surface area (Å²) in [7, 11) is 1.75. The smallest absolute Gasteiger partial charge is 0.0897 e. The van der Waals surface area contributed by atoms with Crippen LogP contribution in [-0.2, 0) is 16.1 Å². The van der Waals surface area contributed by atoms with Gasteiger partial charge in [-0.15, -0.1) is 0 Å². The second-order valence-corrected chi connectivity index (χ2v) is 6.03. The zero-order chi connectivity index (χ0) is 15.0. The van der Waals surface area contributed by atoms with Gasteiger partial charge in [-0.25, -0.2) is 0 Å². The highest BCUT2D eigenvalue weighted by Crippen LogP contribution is 2.48. The molecule has 21 heavy (non-hydrogen) atoms. The van der Waals surface area contributed by atoms with Crippen LogP contribution < -0.4 is 5.32 Å². The third-order valence-electron chi connectivity index (χ3n) is 4.10. The minimum absolute atomic E-state index is 0.368. The van der Waals surface area contributed by atoms with Crippen molar-refractivity contribution in [3.05, 3.63) is 35.9 Å². The number of aliphatic hydroxyl groups is 1. The quantitative estimate of drug-likeness (QED) is 0.655. The largest absolute Gasteiger partial charge is 0.389 e. The van der Waals surface area contributed by atoms with E-state index in [4.69, 9.17) is 9.47 Å². The zero-order valence-corrected chi connectivity index (χ0v) is 12.9. The van der Waals surface area contributed by atoms with Gasteiger partial charge in [0.05, 0.1) is 19.3 Å². The van der Waals surface area contributed by atoms with E-state index in [1.54, 1.807) is 7.11 Å². The van der Waals surface area contributed by atoms with Crippen LogP contribution in [0.3, 0.4) is 0 Å². The van der Waals surface area contributed by atoms with E-state index in [0.717, 1.165) is 25.1 Å². The Kier molecular flexibility index (Phi) is 6.64. The van der Waals surface area contributed by atoms with Gasteiger partial charge in [0, 0.05) is 26.8 Å². The summed E-state index contributed by atoms with van der Waals surface area (Å²) in [6.45, 7) is 3.29. The topological polar surface area (TPSA) is 50.7 Å². The van der Waals surface area contributed by atoms with Crippen LogP contribution >= 0.6 is 0 Å². The molecule has 0 bridgehead atoms. The molecule has 0 spiro atoms. The molecule has 0 radical (unpaired) electrons. The molecule has 1 aliphatic carbocycles. The lowest BCUT2D eigenvalue weighted by molar-refractivity contribution is 0.0281. The molecule has 2 N–H and O–H groups in total. The van der Waals surface area contributed by atoms with Crippen LogP contribution in [0.5, 0.6) is 0 Å². The van der Waals surface area contributed by atoms with Crippen molar-refractivity contribution in [2.75, 3.05) is 33.4 Å². The Balaban J connectivity index is 1.53. The van der Waals surface area contributed by atoms with Gasteiger partial charge in [0.1, 0.15) is 0 Å². The molecule has 0 aliphatic heterocycles. The number of benzene rings is 1. The lowest BCUT2D eigenvalue weighted by Crippen LogP contribution is -2.34. The Morgan fingerprint density at radius 2 is 2.05 bits per heavy atom. The molecule has 1 aromatic carbocycles. The molecule has 0 heterocycles. The molecular weight excluding hydrogens is 266 g/mol. The summed E-state index contributed by atoms with van der Waals surface area (Å²) in [6, 6.07) is 10.0. The number of methoxy groups -OCH3 is 1. The minimum atomic E-state index is -0.452. The van der Waals surface area contributed by atoms with E-state index in [2.05, 4.69) is 5.32 Å². The molecule has 0 aromatic heterocycles. The fourth-order valence-electron chi connectivity index (χ4n) is 2.46. The molecule has 4 heteroatoms. The summed E-state index contributed by atoms with van der Waals surface area (Å²) in [6.07, 6.45) is 3.19. The van der Waals surface area contributed by atoms with E-state index >= 15 is 0 Å². The van der Waals surface area contributed by atoms with Crippen molar-refractivity contribution in [2.24, 2.45) is 5.41 Å². The van der Waals surface area contributed by atoms with Crippen LogP contribution in [0.25, 0.3) is 0 Å². The number of rotatable bonds is 11.